The van der Waals surface area contributed by atoms with Crippen LogP contribution < -0.4 is 10.2 Å². The first-order chi connectivity index (χ1) is 9.88. The minimum atomic E-state index is 0.847. The van der Waals surface area contributed by atoms with Crippen LogP contribution in [0.4, 0.5) is 10.7 Å². The first-order valence-corrected chi connectivity index (χ1v) is 8.03. The van der Waals surface area contributed by atoms with Gasteiger partial charge in [-0.25, -0.2) is 0 Å². The van der Waals surface area contributed by atoms with Crippen molar-refractivity contribution in [3.05, 3.63) is 35.5 Å². The molecule has 3 rings (SSSR count). The molecule has 0 unspecified atom stereocenters. The number of nitrogens with zero attached hydrogens (tertiary/aromatic N) is 3. The van der Waals surface area contributed by atoms with Crippen LogP contribution in [0.1, 0.15) is 31.0 Å². The highest BCUT2D eigenvalue weighted by Gasteiger charge is 2.19. The van der Waals surface area contributed by atoms with Gasteiger partial charge in [0.15, 0.2) is 0 Å². The van der Waals surface area contributed by atoms with Crippen LogP contribution in [0.5, 0.6) is 0 Å². The van der Waals surface area contributed by atoms with Crippen LogP contribution >= 0.6 is 11.5 Å². The summed E-state index contributed by atoms with van der Waals surface area (Å²) in [6.45, 7) is 5.09. The Morgan fingerprint density at radius 1 is 1.35 bits per heavy atom. The lowest BCUT2D eigenvalue weighted by atomic mass is 10.0. The second-order valence-electron chi connectivity index (χ2n) is 5.13. The zero-order valence-corrected chi connectivity index (χ0v) is 12.6. The number of para-hydroxylation sites is 1. The van der Waals surface area contributed by atoms with Gasteiger partial charge in [0, 0.05) is 30.3 Å². The summed E-state index contributed by atoms with van der Waals surface area (Å²) in [6, 6.07) is 8.69. The Morgan fingerprint density at radius 3 is 3.15 bits per heavy atom. The molecule has 1 N–H and O–H groups in total. The lowest BCUT2D eigenvalue weighted by Crippen LogP contribution is -2.29. The molecule has 2 heterocycles. The van der Waals surface area contributed by atoms with Crippen LogP contribution in [0.3, 0.4) is 0 Å². The maximum Gasteiger partial charge on any atom is 0.135 e. The topological polar surface area (TPSA) is 41.1 Å². The minimum Gasteiger partial charge on any atom is -0.374 e. The second-order valence-corrected chi connectivity index (χ2v) is 5.88. The predicted octanol–water partition coefficient (Wildman–Crippen LogP) is 3.31. The summed E-state index contributed by atoms with van der Waals surface area (Å²) < 4.78 is 4.10. The molecule has 1 aromatic heterocycles. The monoisotopic (exact) mass is 288 g/mol. The van der Waals surface area contributed by atoms with Crippen molar-refractivity contribution in [2.75, 3.05) is 23.3 Å². The van der Waals surface area contributed by atoms with E-state index >= 15 is 0 Å². The number of rotatable bonds is 5. The zero-order valence-electron chi connectivity index (χ0n) is 11.8. The van der Waals surface area contributed by atoms with Crippen LogP contribution in [-0.2, 0) is 13.0 Å². The van der Waals surface area contributed by atoms with Crippen molar-refractivity contribution in [1.29, 1.82) is 0 Å². The highest BCUT2D eigenvalue weighted by Crippen LogP contribution is 2.29. The van der Waals surface area contributed by atoms with Gasteiger partial charge in [0.1, 0.15) is 10.7 Å². The molecule has 0 fully saturated rings. The summed E-state index contributed by atoms with van der Waals surface area (Å²) >= 11 is 1.46. The number of fused-ring (bicyclic) bond motifs is 1. The molecule has 0 atom stereocenters. The number of nitrogens with one attached hydrogen (secondary N) is 1. The first kappa shape index (κ1) is 13.4. The summed E-state index contributed by atoms with van der Waals surface area (Å²) in [7, 11) is 0. The molecule has 20 heavy (non-hydrogen) atoms. The van der Waals surface area contributed by atoms with Crippen molar-refractivity contribution < 1.29 is 0 Å². The van der Waals surface area contributed by atoms with Gasteiger partial charge in [-0.15, -0.1) is 5.10 Å². The second kappa shape index (κ2) is 6.22. The molecule has 0 radical (unpaired) electrons. The van der Waals surface area contributed by atoms with Gasteiger partial charge in [-0.05, 0) is 30.9 Å². The summed E-state index contributed by atoms with van der Waals surface area (Å²) in [5, 5.41) is 8.84. The number of anilines is 2. The van der Waals surface area contributed by atoms with E-state index in [2.05, 4.69) is 51.0 Å². The third-order valence-corrected chi connectivity index (χ3v) is 4.36. The Balaban J connectivity index is 1.77. The van der Waals surface area contributed by atoms with Crippen molar-refractivity contribution in [3.8, 4) is 0 Å². The fraction of sp³-hybridized carbons (Fsp3) is 0.467. The predicted molar refractivity (Wildman–Crippen MR) is 84.5 cm³/mol. The normalized spacial score (nSPS) is 14.2. The molecule has 106 valence electrons. The zero-order chi connectivity index (χ0) is 13.8. The van der Waals surface area contributed by atoms with Crippen LogP contribution in [-0.4, -0.2) is 22.7 Å². The van der Waals surface area contributed by atoms with Gasteiger partial charge in [-0.3, -0.25) is 0 Å². The van der Waals surface area contributed by atoms with Crippen molar-refractivity contribution in [1.82, 2.24) is 9.59 Å². The van der Waals surface area contributed by atoms with E-state index in [0.29, 0.717) is 0 Å². The van der Waals surface area contributed by atoms with Gasteiger partial charge in [0.25, 0.3) is 0 Å². The van der Waals surface area contributed by atoms with Crippen LogP contribution in [0.15, 0.2) is 24.3 Å². The van der Waals surface area contributed by atoms with E-state index in [-0.39, 0.29) is 0 Å². The third-order valence-electron chi connectivity index (χ3n) is 3.64. The van der Waals surface area contributed by atoms with Crippen LogP contribution in [0.2, 0.25) is 0 Å². The third kappa shape index (κ3) is 2.77. The van der Waals surface area contributed by atoms with Crippen molar-refractivity contribution in [3.63, 3.8) is 0 Å². The molecular formula is C15H20N4S. The Hall–Kier alpha value is -1.62. The SMILES string of the molecule is CCCNc1snnc1CN1CCCc2ccccc21. The molecule has 0 bridgehead atoms. The summed E-state index contributed by atoms with van der Waals surface area (Å²) in [4.78, 5) is 2.42. The van der Waals surface area contributed by atoms with E-state index in [4.69, 9.17) is 0 Å². The number of hydrogen-bond acceptors (Lipinski definition) is 5. The van der Waals surface area contributed by atoms with Crippen molar-refractivity contribution in [2.45, 2.75) is 32.7 Å². The molecule has 0 spiro atoms. The van der Waals surface area contributed by atoms with Gasteiger partial charge >= 0.3 is 0 Å². The fourth-order valence-corrected chi connectivity index (χ4v) is 3.24. The molecule has 0 saturated heterocycles. The Labute approximate surface area is 124 Å². The molecule has 0 saturated carbocycles. The van der Waals surface area contributed by atoms with E-state index in [1.807, 2.05) is 0 Å². The van der Waals surface area contributed by atoms with Crippen LogP contribution in [0, 0.1) is 0 Å². The average Bonchev–Trinajstić information content (AvgIpc) is 2.93. The van der Waals surface area contributed by atoms with Gasteiger partial charge in [0.05, 0.1) is 6.54 Å². The molecule has 4 nitrogen and oxygen atoms in total. The largest absolute Gasteiger partial charge is 0.374 e. The minimum absolute atomic E-state index is 0.847. The molecule has 0 amide bonds. The van der Waals surface area contributed by atoms with Gasteiger partial charge in [0.2, 0.25) is 0 Å². The lowest BCUT2D eigenvalue weighted by molar-refractivity contribution is 0.683. The quantitative estimate of drug-likeness (QED) is 0.916. The Bertz CT molecular complexity index is 567. The van der Waals surface area contributed by atoms with Crippen molar-refractivity contribution in [2.24, 2.45) is 0 Å². The van der Waals surface area contributed by atoms with Gasteiger partial charge in [-0.2, -0.15) is 0 Å². The maximum atomic E-state index is 4.30. The standard InChI is InChI=1S/C15H20N4S/c1-2-9-16-15-13(17-18-20-15)11-19-10-5-7-12-6-3-4-8-14(12)19/h3-4,6,8,16H,2,5,7,9-11H2,1H3. The Kier molecular flexibility index (Phi) is 4.16. The summed E-state index contributed by atoms with van der Waals surface area (Å²) in [5.74, 6) is 0. The molecule has 0 aliphatic carbocycles. The lowest BCUT2D eigenvalue weighted by Gasteiger charge is -2.30. The van der Waals surface area contributed by atoms with E-state index in [1.54, 1.807) is 0 Å². The van der Waals surface area contributed by atoms with Gasteiger partial charge < -0.3 is 10.2 Å². The smallest absolute Gasteiger partial charge is 0.135 e. The number of hydrogen-bond donors (Lipinski definition) is 1. The molecule has 1 aromatic carbocycles. The van der Waals surface area contributed by atoms with E-state index in [0.717, 1.165) is 36.8 Å². The number of aryl methyl sites for hydroxylation is 1. The summed E-state index contributed by atoms with van der Waals surface area (Å²) in [5.41, 5.74) is 3.87. The number of aromatic nitrogens is 2. The molecule has 2 aromatic rings. The van der Waals surface area contributed by atoms with Crippen molar-refractivity contribution >= 4 is 22.2 Å². The summed E-state index contributed by atoms with van der Waals surface area (Å²) in [6.07, 6.45) is 3.51. The molecular weight excluding hydrogens is 268 g/mol. The molecule has 1 aliphatic rings. The van der Waals surface area contributed by atoms with Crippen LogP contribution in [0.25, 0.3) is 0 Å². The Morgan fingerprint density at radius 2 is 2.25 bits per heavy atom. The molecule has 1 aliphatic heterocycles. The van der Waals surface area contributed by atoms with E-state index < -0.39 is 0 Å². The number of benzene rings is 1. The van der Waals surface area contributed by atoms with E-state index in [9.17, 15) is 0 Å². The first-order valence-electron chi connectivity index (χ1n) is 7.26. The van der Waals surface area contributed by atoms with E-state index in [1.165, 1.54) is 35.6 Å². The highest BCUT2D eigenvalue weighted by atomic mass is 32.1. The highest BCUT2D eigenvalue weighted by molar-refractivity contribution is 7.10. The average molecular weight is 288 g/mol. The fourth-order valence-electron chi connectivity index (χ4n) is 2.64. The maximum absolute atomic E-state index is 4.30. The van der Waals surface area contributed by atoms with Gasteiger partial charge in [-0.1, -0.05) is 29.6 Å². The molecule has 5 heteroatoms.